The first-order chi connectivity index (χ1) is 9.64. The summed E-state index contributed by atoms with van der Waals surface area (Å²) in [6, 6.07) is 2.84. The molecule has 0 unspecified atom stereocenters. The highest BCUT2D eigenvalue weighted by molar-refractivity contribution is 7.92. The van der Waals surface area contributed by atoms with E-state index in [1.165, 1.54) is 6.07 Å². The minimum Gasteiger partial charge on any atom is -0.480 e. The molecule has 1 aromatic rings. The maximum Gasteiger partial charge on any atom is 0.417 e. The molecule has 1 aliphatic heterocycles. The van der Waals surface area contributed by atoms with Gasteiger partial charge >= 0.3 is 12.1 Å². The van der Waals surface area contributed by atoms with Gasteiger partial charge in [0.15, 0.2) is 9.84 Å². The van der Waals surface area contributed by atoms with Crippen LogP contribution >= 0.6 is 0 Å². The third-order valence-corrected chi connectivity index (χ3v) is 5.53. The van der Waals surface area contributed by atoms with Crippen molar-refractivity contribution >= 4 is 15.8 Å². The molecular weight excluding hydrogens is 311 g/mol. The normalized spacial score (nSPS) is 23.2. The number of aliphatic carboxylic acids is 1. The van der Waals surface area contributed by atoms with Crippen LogP contribution in [-0.2, 0) is 20.8 Å². The fourth-order valence-corrected chi connectivity index (χ4v) is 4.14. The van der Waals surface area contributed by atoms with Crippen molar-refractivity contribution in [3.63, 3.8) is 0 Å². The highest BCUT2D eigenvalue weighted by atomic mass is 32.2. The summed E-state index contributed by atoms with van der Waals surface area (Å²) in [5, 5.41) is 10.1. The number of halogens is 3. The van der Waals surface area contributed by atoms with Crippen molar-refractivity contribution in [2.45, 2.75) is 28.8 Å². The number of benzene rings is 1. The number of sulfone groups is 1. The predicted molar refractivity (Wildman–Crippen MR) is 66.5 cm³/mol. The SMILES string of the molecule is O=C(O)[C@@H]1C[C@H](S(=O)(=O)c2ccccc2C(F)(F)F)CN1. The average Bonchev–Trinajstić information content (AvgIpc) is 2.88. The van der Waals surface area contributed by atoms with Crippen LogP contribution in [0.3, 0.4) is 0 Å². The van der Waals surface area contributed by atoms with Gasteiger partial charge in [0.05, 0.1) is 15.7 Å². The van der Waals surface area contributed by atoms with Gasteiger partial charge in [-0.05, 0) is 18.6 Å². The lowest BCUT2D eigenvalue weighted by atomic mass is 10.2. The molecular formula is C12H12F3NO4S. The summed E-state index contributed by atoms with van der Waals surface area (Å²) < 4.78 is 63.4. The summed E-state index contributed by atoms with van der Waals surface area (Å²) in [6.45, 7) is -0.189. The van der Waals surface area contributed by atoms with Crippen molar-refractivity contribution in [2.24, 2.45) is 0 Å². The van der Waals surface area contributed by atoms with Gasteiger partial charge in [-0.1, -0.05) is 12.1 Å². The molecule has 2 N–H and O–H groups in total. The number of carboxylic acids is 1. The lowest BCUT2D eigenvalue weighted by Gasteiger charge is -2.16. The largest absolute Gasteiger partial charge is 0.480 e. The summed E-state index contributed by atoms with van der Waals surface area (Å²) >= 11 is 0. The van der Waals surface area contributed by atoms with Crippen LogP contribution in [0.2, 0.25) is 0 Å². The first-order valence-electron chi connectivity index (χ1n) is 6.00. The van der Waals surface area contributed by atoms with Gasteiger partial charge in [-0.25, -0.2) is 8.42 Å². The number of alkyl halides is 3. The monoisotopic (exact) mass is 323 g/mol. The highest BCUT2D eigenvalue weighted by Gasteiger charge is 2.42. The number of nitrogens with one attached hydrogen (secondary N) is 1. The van der Waals surface area contributed by atoms with Crippen LogP contribution in [-0.4, -0.2) is 37.3 Å². The maximum absolute atomic E-state index is 12.9. The van der Waals surface area contributed by atoms with Gasteiger partial charge in [-0.2, -0.15) is 13.2 Å². The molecule has 1 saturated heterocycles. The van der Waals surface area contributed by atoms with E-state index in [1.807, 2.05) is 0 Å². The first-order valence-corrected chi connectivity index (χ1v) is 7.55. The topological polar surface area (TPSA) is 83.5 Å². The number of carboxylic acid groups (broad SMARTS) is 1. The average molecular weight is 323 g/mol. The zero-order chi connectivity index (χ0) is 15.8. The number of carbonyl (C=O) groups is 1. The van der Waals surface area contributed by atoms with Gasteiger partial charge < -0.3 is 10.4 Å². The predicted octanol–water partition coefficient (Wildman–Crippen LogP) is 1.29. The third-order valence-electron chi connectivity index (χ3n) is 3.33. The minimum absolute atomic E-state index is 0.189. The Morgan fingerprint density at radius 2 is 1.90 bits per heavy atom. The Bertz CT molecular complexity index is 657. The van der Waals surface area contributed by atoms with E-state index >= 15 is 0 Å². The minimum atomic E-state index is -4.79. The molecule has 2 atom stereocenters. The van der Waals surface area contributed by atoms with Crippen molar-refractivity contribution in [1.82, 2.24) is 5.32 Å². The zero-order valence-corrected chi connectivity index (χ0v) is 11.4. The highest BCUT2D eigenvalue weighted by Crippen LogP contribution is 2.36. The lowest BCUT2D eigenvalue weighted by molar-refractivity contribution is -0.140. The summed E-state index contributed by atoms with van der Waals surface area (Å²) in [5.41, 5.74) is -1.23. The van der Waals surface area contributed by atoms with E-state index in [1.54, 1.807) is 0 Å². The van der Waals surface area contributed by atoms with E-state index in [0.29, 0.717) is 6.07 Å². The standard InChI is InChI=1S/C12H12F3NO4S/c13-12(14,15)8-3-1-2-4-10(8)21(19,20)7-5-9(11(17)18)16-6-7/h1-4,7,9,16H,5-6H2,(H,17,18)/t7-,9-/m0/s1. The Balaban J connectivity index is 2.40. The second-order valence-corrected chi connectivity index (χ2v) is 6.89. The number of hydrogen-bond donors (Lipinski definition) is 2. The fourth-order valence-electron chi connectivity index (χ4n) is 2.26. The Morgan fingerprint density at radius 1 is 1.29 bits per heavy atom. The van der Waals surface area contributed by atoms with Gasteiger partial charge in [0.25, 0.3) is 0 Å². The zero-order valence-electron chi connectivity index (χ0n) is 10.6. The van der Waals surface area contributed by atoms with Gasteiger partial charge in [-0.3, -0.25) is 4.79 Å². The second kappa shape index (κ2) is 5.30. The van der Waals surface area contributed by atoms with Crippen LogP contribution in [0.15, 0.2) is 29.2 Å². The van der Waals surface area contributed by atoms with E-state index in [0.717, 1.165) is 12.1 Å². The van der Waals surface area contributed by atoms with Crippen LogP contribution in [0.5, 0.6) is 0 Å². The summed E-state index contributed by atoms with van der Waals surface area (Å²) in [4.78, 5) is 9.99. The fraction of sp³-hybridized carbons (Fsp3) is 0.417. The molecule has 116 valence electrons. The van der Waals surface area contributed by atoms with E-state index < -0.39 is 43.7 Å². The Hall–Kier alpha value is -1.61. The molecule has 0 bridgehead atoms. The van der Waals surface area contributed by atoms with Crippen LogP contribution < -0.4 is 5.32 Å². The molecule has 0 spiro atoms. The molecule has 21 heavy (non-hydrogen) atoms. The molecule has 5 nitrogen and oxygen atoms in total. The molecule has 0 aromatic heterocycles. The van der Waals surface area contributed by atoms with Crippen LogP contribution in [0.1, 0.15) is 12.0 Å². The summed E-state index contributed by atoms with van der Waals surface area (Å²) in [6.07, 6.45) is -5.05. The van der Waals surface area contributed by atoms with Crippen LogP contribution in [0.25, 0.3) is 0 Å². The maximum atomic E-state index is 12.9. The van der Waals surface area contributed by atoms with Gasteiger partial charge in [-0.15, -0.1) is 0 Å². The van der Waals surface area contributed by atoms with E-state index in [9.17, 15) is 26.4 Å². The van der Waals surface area contributed by atoms with Crippen LogP contribution in [0, 0.1) is 0 Å². The molecule has 1 aliphatic rings. The van der Waals surface area contributed by atoms with Gasteiger partial charge in [0.2, 0.25) is 0 Å². The molecule has 0 aliphatic carbocycles. The van der Waals surface area contributed by atoms with Crippen molar-refractivity contribution in [3.05, 3.63) is 29.8 Å². The second-order valence-electron chi connectivity index (χ2n) is 4.70. The van der Waals surface area contributed by atoms with Crippen molar-refractivity contribution in [1.29, 1.82) is 0 Å². The summed E-state index contributed by atoms with van der Waals surface area (Å²) in [5.74, 6) is -1.23. The van der Waals surface area contributed by atoms with E-state index in [4.69, 9.17) is 5.11 Å². The van der Waals surface area contributed by atoms with Gasteiger partial charge in [0.1, 0.15) is 6.04 Å². The lowest BCUT2D eigenvalue weighted by Crippen LogP contribution is -2.30. The first kappa shape index (κ1) is 15.8. The molecule has 1 fully saturated rings. The quantitative estimate of drug-likeness (QED) is 0.876. The van der Waals surface area contributed by atoms with Crippen molar-refractivity contribution < 1.29 is 31.5 Å². The molecule has 0 saturated carbocycles. The molecule has 9 heteroatoms. The Kier molecular flexibility index (Phi) is 3.98. The molecule has 1 aromatic carbocycles. The van der Waals surface area contributed by atoms with Crippen molar-refractivity contribution in [3.8, 4) is 0 Å². The van der Waals surface area contributed by atoms with Crippen molar-refractivity contribution in [2.75, 3.05) is 6.54 Å². The smallest absolute Gasteiger partial charge is 0.417 e. The van der Waals surface area contributed by atoms with E-state index in [-0.39, 0.29) is 13.0 Å². The number of hydrogen-bond acceptors (Lipinski definition) is 4. The van der Waals surface area contributed by atoms with Gasteiger partial charge in [0, 0.05) is 6.54 Å². The molecule has 0 radical (unpaired) electrons. The Labute approximate surface area is 118 Å². The molecule has 0 amide bonds. The molecule has 2 rings (SSSR count). The Morgan fingerprint density at radius 3 is 2.43 bits per heavy atom. The van der Waals surface area contributed by atoms with Crippen LogP contribution in [0.4, 0.5) is 13.2 Å². The summed E-state index contributed by atoms with van der Waals surface area (Å²) in [7, 11) is -4.26. The van der Waals surface area contributed by atoms with E-state index in [2.05, 4.69) is 5.32 Å². The number of rotatable bonds is 3. The molecule has 1 heterocycles. The third kappa shape index (κ3) is 3.03.